The number of anilines is 6. The van der Waals surface area contributed by atoms with Crippen LogP contribution in [0.3, 0.4) is 0 Å². The molecule has 11 rings (SSSR count). The van der Waals surface area contributed by atoms with Crippen molar-refractivity contribution in [1.29, 1.82) is 0 Å². The van der Waals surface area contributed by atoms with E-state index in [4.69, 9.17) is 0 Å². The van der Waals surface area contributed by atoms with Gasteiger partial charge in [0, 0.05) is 38.4 Å². The van der Waals surface area contributed by atoms with E-state index in [9.17, 15) is 0 Å². The second kappa shape index (κ2) is 12.1. The maximum absolute atomic E-state index is 2.57. The molecule has 54 heavy (non-hydrogen) atoms. The first-order chi connectivity index (χ1) is 26.7. The van der Waals surface area contributed by atoms with Crippen molar-refractivity contribution in [3.8, 4) is 21.6 Å². The van der Waals surface area contributed by atoms with Crippen LogP contribution in [0, 0.1) is 13.8 Å². The number of fused-ring (bicyclic) bond motifs is 5. The third-order valence-corrected chi connectivity index (χ3v) is 12.8. The van der Waals surface area contributed by atoms with E-state index >= 15 is 0 Å². The summed E-state index contributed by atoms with van der Waals surface area (Å²) in [6, 6.07) is 64.9. The lowest BCUT2D eigenvalue weighted by Crippen LogP contribution is -2.58. The first-order valence-electron chi connectivity index (χ1n) is 18.7. The van der Waals surface area contributed by atoms with E-state index in [-0.39, 0.29) is 6.71 Å². The molecule has 0 radical (unpaired) electrons. The van der Waals surface area contributed by atoms with Gasteiger partial charge in [0.2, 0.25) is 0 Å². The number of hydrogen-bond acceptors (Lipinski definition) is 3. The molecule has 0 spiro atoms. The van der Waals surface area contributed by atoms with Crippen molar-refractivity contribution in [2.75, 3.05) is 9.80 Å². The Hall–Kier alpha value is -6.36. The lowest BCUT2D eigenvalue weighted by molar-refractivity contribution is 1.22. The zero-order chi connectivity index (χ0) is 35.9. The molecule has 0 fully saturated rings. The quantitative estimate of drug-likeness (QED) is 0.164. The number of para-hydroxylation sites is 2. The Balaban J connectivity index is 1.22. The molecule has 0 aliphatic carbocycles. The smallest absolute Gasteiger partial charge is 0.260 e. The molecule has 0 saturated carbocycles. The van der Waals surface area contributed by atoms with E-state index in [0.717, 1.165) is 17.1 Å². The zero-order valence-corrected chi connectivity index (χ0v) is 30.9. The van der Waals surface area contributed by atoms with Gasteiger partial charge in [-0.15, -0.1) is 11.3 Å². The Morgan fingerprint density at radius 2 is 1.20 bits per heavy atom. The summed E-state index contributed by atoms with van der Waals surface area (Å²) in [5.74, 6) is 0. The molecule has 2 aliphatic heterocycles. The van der Waals surface area contributed by atoms with Gasteiger partial charge in [-0.3, -0.25) is 0 Å². The second-order valence-corrected chi connectivity index (χ2v) is 15.6. The molecule has 0 bridgehead atoms. The summed E-state index contributed by atoms with van der Waals surface area (Å²) < 4.78 is 1.43. The molecule has 0 atom stereocenters. The van der Waals surface area contributed by atoms with Crippen molar-refractivity contribution in [2.45, 2.75) is 13.8 Å². The first kappa shape index (κ1) is 31.2. The fourth-order valence-corrected chi connectivity index (χ4v) is 10.7. The Kier molecular flexibility index (Phi) is 6.99. The molecule has 0 unspecified atom stereocenters. The summed E-state index contributed by atoms with van der Waals surface area (Å²) in [7, 11) is 0. The van der Waals surface area contributed by atoms with Crippen molar-refractivity contribution < 1.29 is 0 Å². The SMILES string of the molecule is Cc1cccc(C)c1N1c2cc(N(c3ccccc3)c3cccc4ccccc34)ccc2B2c3c(cccc31)-c1cccc3c(-c4ccccc4)sc2c13. The van der Waals surface area contributed by atoms with E-state index in [1.807, 2.05) is 11.3 Å². The predicted molar refractivity (Wildman–Crippen MR) is 234 cm³/mol. The predicted octanol–water partition coefficient (Wildman–Crippen LogP) is 12.1. The van der Waals surface area contributed by atoms with Gasteiger partial charge in [0.15, 0.2) is 0 Å². The minimum atomic E-state index is 0.100. The number of nitrogens with zero attached hydrogens (tertiary/aromatic N) is 2. The summed E-state index contributed by atoms with van der Waals surface area (Å²) in [5, 5.41) is 5.19. The van der Waals surface area contributed by atoms with Crippen molar-refractivity contribution in [1.82, 2.24) is 0 Å². The topological polar surface area (TPSA) is 6.48 Å². The van der Waals surface area contributed by atoms with Crippen LogP contribution in [-0.4, -0.2) is 6.71 Å². The van der Waals surface area contributed by atoms with E-state index in [1.54, 1.807) is 0 Å². The maximum Gasteiger partial charge on any atom is 0.260 e. The van der Waals surface area contributed by atoms with E-state index < -0.39 is 0 Å². The molecule has 254 valence electrons. The van der Waals surface area contributed by atoms with Crippen LogP contribution in [-0.2, 0) is 0 Å². The third-order valence-electron chi connectivity index (χ3n) is 11.5. The van der Waals surface area contributed by atoms with E-state index in [2.05, 4.69) is 200 Å². The number of hydrogen-bond donors (Lipinski definition) is 0. The van der Waals surface area contributed by atoms with Crippen molar-refractivity contribution in [3.63, 3.8) is 0 Å². The van der Waals surface area contributed by atoms with Crippen molar-refractivity contribution >= 4 is 89.4 Å². The lowest BCUT2D eigenvalue weighted by Gasteiger charge is -2.41. The van der Waals surface area contributed by atoms with Gasteiger partial charge < -0.3 is 9.80 Å². The fourth-order valence-electron chi connectivity index (χ4n) is 9.21. The molecular formula is C50H35BN2S. The van der Waals surface area contributed by atoms with Crippen LogP contribution in [0.1, 0.15) is 11.1 Å². The van der Waals surface area contributed by atoms with Gasteiger partial charge in [0.25, 0.3) is 6.71 Å². The van der Waals surface area contributed by atoms with Crippen LogP contribution in [0.5, 0.6) is 0 Å². The summed E-state index contributed by atoms with van der Waals surface area (Å²) in [6.07, 6.45) is 0. The molecule has 0 N–H and O–H groups in total. The highest BCUT2D eigenvalue weighted by Gasteiger charge is 2.43. The van der Waals surface area contributed by atoms with Crippen LogP contribution < -0.4 is 25.5 Å². The molecule has 1 aromatic heterocycles. The van der Waals surface area contributed by atoms with Gasteiger partial charge in [-0.25, -0.2) is 0 Å². The van der Waals surface area contributed by atoms with Crippen LogP contribution in [0.15, 0.2) is 176 Å². The molecular weight excluding hydrogens is 671 g/mol. The molecule has 2 nitrogen and oxygen atoms in total. The van der Waals surface area contributed by atoms with Crippen LogP contribution in [0.4, 0.5) is 34.1 Å². The minimum absolute atomic E-state index is 0.100. The molecule has 2 aliphatic rings. The lowest BCUT2D eigenvalue weighted by atomic mass is 9.35. The fraction of sp³-hybridized carbons (Fsp3) is 0.0400. The van der Waals surface area contributed by atoms with Gasteiger partial charge in [-0.05, 0) is 105 Å². The summed E-state index contributed by atoms with van der Waals surface area (Å²) >= 11 is 1.97. The number of thiophene rings is 1. The van der Waals surface area contributed by atoms with Crippen molar-refractivity contribution in [2.24, 2.45) is 0 Å². The summed E-state index contributed by atoms with van der Waals surface area (Å²) in [6.45, 7) is 4.61. The molecule has 0 amide bonds. The standard InChI is InChI=1S/C50H35BN2S/c1-32-15-11-16-33(2)48(32)53-44-28-14-25-40-39-24-13-26-41-46(39)50(54-49(41)35-18-5-3-6-19-35)51(47(40)44)42-30-29-37(31-45(42)53)52(36-21-7-4-8-22-36)43-27-12-20-34-17-9-10-23-38(34)43/h3-31H,1-2H3. The highest BCUT2D eigenvalue weighted by Crippen LogP contribution is 2.48. The average Bonchev–Trinajstić information content (AvgIpc) is 3.61. The number of benzene rings is 8. The largest absolute Gasteiger partial charge is 0.311 e. The second-order valence-electron chi connectivity index (χ2n) is 14.5. The normalized spacial score (nSPS) is 12.6. The third kappa shape index (κ3) is 4.53. The molecule has 8 aromatic carbocycles. The summed E-state index contributed by atoms with van der Waals surface area (Å²) in [5.41, 5.74) is 16.4. The Morgan fingerprint density at radius 3 is 2.04 bits per heavy atom. The number of aryl methyl sites for hydroxylation is 2. The van der Waals surface area contributed by atoms with Crippen molar-refractivity contribution in [3.05, 3.63) is 187 Å². The van der Waals surface area contributed by atoms with Gasteiger partial charge in [0.1, 0.15) is 0 Å². The Labute approximate surface area is 320 Å². The van der Waals surface area contributed by atoms with Gasteiger partial charge in [0.05, 0.1) is 11.4 Å². The van der Waals surface area contributed by atoms with Crippen LogP contribution >= 0.6 is 11.3 Å². The summed E-state index contributed by atoms with van der Waals surface area (Å²) in [4.78, 5) is 6.35. The molecule has 4 heteroatoms. The highest BCUT2D eigenvalue weighted by atomic mass is 32.1. The molecule has 0 saturated heterocycles. The first-order valence-corrected chi connectivity index (χ1v) is 19.5. The van der Waals surface area contributed by atoms with Gasteiger partial charge in [-0.1, -0.05) is 140 Å². The van der Waals surface area contributed by atoms with Gasteiger partial charge in [-0.2, -0.15) is 0 Å². The minimum Gasteiger partial charge on any atom is -0.311 e. The number of rotatable bonds is 5. The van der Waals surface area contributed by atoms with Gasteiger partial charge >= 0.3 is 0 Å². The molecule has 9 aromatic rings. The van der Waals surface area contributed by atoms with Crippen LogP contribution in [0.25, 0.3) is 43.1 Å². The average molecular weight is 707 g/mol. The molecule has 3 heterocycles. The Bertz CT molecular complexity index is 2910. The van der Waals surface area contributed by atoms with Crippen LogP contribution in [0.2, 0.25) is 0 Å². The zero-order valence-electron chi connectivity index (χ0n) is 30.1. The Morgan fingerprint density at radius 1 is 0.537 bits per heavy atom. The highest BCUT2D eigenvalue weighted by molar-refractivity contribution is 7.32. The van der Waals surface area contributed by atoms with E-state index in [0.29, 0.717) is 0 Å². The maximum atomic E-state index is 2.57. The monoisotopic (exact) mass is 706 g/mol. The van der Waals surface area contributed by atoms with E-state index in [1.165, 1.54) is 87.0 Å².